The molecular weight excluding hydrogens is 356 g/mol. The van der Waals surface area contributed by atoms with Gasteiger partial charge >= 0.3 is 6.03 Å². The fourth-order valence-corrected chi connectivity index (χ4v) is 3.37. The van der Waals surface area contributed by atoms with Gasteiger partial charge in [-0.15, -0.1) is 0 Å². The number of piperidine rings is 1. The predicted molar refractivity (Wildman–Crippen MR) is 105 cm³/mol. The molecule has 1 saturated heterocycles. The number of nitrogens with zero attached hydrogens (tertiary/aromatic N) is 3. The van der Waals surface area contributed by atoms with Crippen LogP contribution in [0.15, 0.2) is 59.1 Å². The van der Waals surface area contributed by atoms with Crippen LogP contribution >= 0.6 is 0 Å². The minimum absolute atomic E-state index is 0.0368. The van der Waals surface area contributed by atoms with E-state index in [0.717, 1.165) is 18.4 Å². The number of ether oxygens (including phenoxy) is 1. The molecule has 4 rings (SSSR count). The fourth-order valence-electron chi connectivity index (χ4n) is 3.37. The number of urea groups is 1. The first-order chi connectivity index (χ1) is 13.7. The Kier molecular flexibility index (Phi) is 5.23. The van der Waals surface area contributed by atoms with Crippen LogP contribution in [0.5, 0.6) is 5.75 Å². The Hall–Kier alpha value is -3.35. The largest absolute Gasteiger partial charge is 0.497 e. The maximum absolute atomic E-state index is 12.7. The standard InChI is InChI=1S/C21H22N4O3/c1-27-18-11-5-10-17(13-18)22-21(26)25-12-6-9-16(14-25)20-23-19(24-28-20)15-7-3-2-4-8-15/h2-5,7-8,10-11,13,16H,6,9,12,14H2,1H3,(H,22,26). The van der Waals surface area contributed by atoms with Crippen molar-refractivity contribution in [3.8, 4) is 17.1 Å². The predicted octanol–water partition coefficient (Wildman–Crippen LogP) is 4.16. The van der Waals surface area contributed by atoms with Gasteiger partial charge in [-0.2, -0.15) is 4.98 Å². The van der Waals surface area contributed by atoms with Crippen molar-refractivity contribution < 1.29 is 14.1 Å². The highest BCUT2D eigenvalue weighted by atomic mass is 16.5. The van der Waals surface area contributed by atoms with Crippen molar-refractivity contribution in [1.29, 1.82) is 0 Å². The van der Waals surface area contributed by atoms with E-state index < -0.39 is 0 Å². The van der Waals surface area contributed by atoms with Gasteiger partial charge < -0.3 is 19.5 Å². The topological polar surface area (TPSA) is 80.5 Å². The number of methoxy groups -OCH3 is 1. The summed E-state index contributed by atoms with van der Waals surface area (Å²) in [6, 6.07) is 16.9. The number of aromatic nitrogens is 2. The first-order valence-corrected chi connectivity index (χ1v) is 9.32. The van der Waals surface area contributed by atoms with Crippen LogP contribution in [0.1, 0.15) is 24.7 Å². The van der Waals surface area contributed by atoms with E-state index >= 15 is 0 Å². The maximum Gasteiger partial charge on any atom is 0.321 e. The number of carbonyl (C=O) groups is 1. The molecule has 3 aromatic rings. The zero-order valence-electron chi connectivity index (χ0n) is 15.7. The lowest BCUT2D eigenvalue weighted by Crippen LogP contribution is -2.41. The van der Waals surface area contributed by atoms with Gasteiger partial charge in [0.1, 0.15) is 5.75 Å². The molecule has 1 aromatic heterocycles. The van der Waals surface area contributed by atoms with Gasteiger partial charge in [0.2, 0.25) is 11.7 Å². The van der Waals surface area contributed by atoms with Crippen LogP contribution in [0.4, 0.5) is 10.5 Å². The van der Waals surface area contributed by atoms with Crippen LogP contribution in [0.2, 0.25) is 0 Å². The van der Waals surface area contributed by atoms with E-state index in [1.54, 1.807) is 18.1 Å². The van der Waals surface area contributed by atoms with Crippen LogP contribution in [0, 0.1) is 0 Å². The highest BCUT2D eigenvalue weighted by Gasteiger charge is 2.28. The number of anilines is 1. The number of likely N-dealkylation sites (tertiary alicyclic amines) is 1. The summed E-state index contributed by atoms with van der Waals surface area (Å²) in [6.07, 6.45) is 1.80. The van der Waals surface area contributed by atoms with Crippen molar-refractivity contribution in [2.45, 2.75) is 18.8 Å². The SMILES string of the molecule is COc1cccc(NC(=O)N2CCCC(c3nc(-c4ccccc4)no3)C2)c1. The molecule has 2 heterocycles. The van der Waals surface area contributed by atoms with Crippen molar-refractivity contribution in [3.05, 3.63) is 60.5 Å². The van der Waals surface area contributed by atoms with E-state index in [9.17, 15) is 4.79 Å². The molecule has 144 valence electrons. The number of hydrogen-bond acceptors (Lipinski definition) is 5. The summed E-state index contributed by atoms with van der Waals surface area (Å²) >= 11 is 0. The zero-order chi connectivity index (χ0) is 19.3. The summed E-state index contributed by atoms with van der Waals surface area (Å²) in [7, 11) is 1.60. The third-order valence-corrected chi connectivity index (χ3v) is 4.85. The van der Waals surface area contributed by atoms with E-state index in [-0.39, 0.29) is 11.9 Å². The van der Waals surface area contributed by atoms with Gasteiger partial charge in [-0.1, -0.05) is 41.6 Å². The van der Waals surface area contributed by atoms with E-state index in [2.05, 4.69) is 15.5 Å². The molecule has 1 fully saturated rings. The average Bonchev–Trinajstić information content (AvgIpc) is 3.25. The number of carbonyl (C=O) groups excluding carboxylic acids is 1. The Balaban J connectivity index is 1.43. The van der Waals surface area contributed by atoms with Crippen LogP contribution in [0.25, 0.3) is 11.4 Å². The molecule has 7 heteroatoms. The molecule has 0 aliphatic carbocycles. The van der Waals surface area contributed by atoms with Crippen molar-refractivity contribution in [2.24, 2.45) is 0 Å². The first kappa shape index (κ1) is 18.0. The molecule has 1 aliphatic rings. The smallest absolute Gasteiger partial charge is 0.321 e. The average molecular weight is 378 g/mol. The third kappa shape index (κ3) is 3.98. The molecule has 1 N–H and O–H groups in total. The molecule has 0 radical (unpaired) electrons. The van der Waals surface area contributed by atoms with Crippen molar-refractivity contribution in [2.75, 3.05) is 25.5 Å². The van der Waals surface area contributed by atoms with Crippen LogP contribution < -0.4 is 10.1 Å². The fraction of sp³-hybridized carbons (Fsp3) is 0.286. The molecule has 28 heavy (non-hydrogen) atoms. The van der Waals surface area contributed by atoms with Gasteiger partial charge in [0.25, 0.3) is 0 Å². The molecule has 0 bridgehead atoms. The molecule has 2 amide bonds. The summed E-state index contributed by atoms with van der Waals surface area (Å²) in [5, 5.41) is 7.03. The lowest BCUT2D eigenvalue weighted by atomic mass is 9.98. The number of benzene rings is 2. The minimum atomic E-state index is -0.138. The lowest BCUT2D eigenvalue weighted by molar-refractivity contribution is 0.184. The summed E-state index contributed by atoms with van der Waals surface area (Å²) < 4.78 is 10.7. The third-order valence-electron chi connectivity index (χ3n) is 4.85. The van der Waals surface area contributed by atoms with Crippen LogP contribution in [-0.4, -0.2) is 41.3 Å². The van der Waals surface area contributed by atoms with Gasteiger partial charge in [0, 0.05) is 30.4 Å². The van der Waals surface area contributed by atoms with Gasteiger partial charge in [-0.25, -0.2) is 4.79 Å². The lowest BCUT2D eigenvalue weighted by Gasteiger charge is -2.31. The number of hydrogen-bond donors (Lipinski definition) is 1. The second kappa shape index (κ2) is 8.12. The van der Waals surface area contributed by atoms with E-state index in [1.165, 1.54) is 0 Å². The Morgan fingerprint density at radius 3 is 2.89 bits per heavy atom. The zero-order valence-corrected chi connectivity index (χ0v) is 15.7. The van der Waals surface area contributed by atoms with Gasteiger partial charge in [-0.05, 0) is 25.0 Å². The van der Waals surface area contributed by atoms with Crippen LogP contribution in [-0.2, 0) is 0 Å². The molecule has 1 unspecified atom stereocenters. The summed E-state index contributed by atoms with van der Waals surface area (Å²) in [6.45, 7) is 1.25. The van der Waals surface area contributed by atoms with Crippen molar-refractivity contribution in [1.82, 2.24) is 15.0 Å². The summed E-state index contributed by atoms with van der Waals surface area (Å²) in [5.74, 6) is 1.90. The minimum Gasteiger partial charge on any atom is -0.497 e. The molecule has 2 aromatic carbocycles. The Bertz CT molecular complexity index is 942. The molecular formula is C21H22N4O3. The second-order valence-corrected chi connectivity index (χ2v) is 6.77. The van der Waals surface area contributed by atoms with Gasteiger partial charge in [0.15, 0.2) is 0 Å². The summed E-state index contributed by atoms with van der Waals surface area (Å²) in [5.41, 5.74) is 1.62. The molecule has 1 aliphatic heterocycles. The molecule has 7 nitrogen and oxygen atoms in total. The van der Waals surface area contributed by atoms with Crippen molar-refractivity contribution >= 4 is 11.7 Å². The van der Waals surface area contributed by atoms with Crippen molar-refractivity contribution in [3.63, 3.8) is 0 Å². The van der Waals surface area contributed by atoms with Gasteiger partial charge in [0.05, 0.1) is 13.0 Å². The van der Waals surface area contributed by atoms with E-state index in [1.807, 2.05) is 48.5 Å². The first-order valence-electron chi connectivity index (χ1n) is 9.32. The molecule has 0 spiro atoms. The highest BCUT2D eigenvalue weighted by molar-refractivity contribution is 5.89. The Morgan fingerprint density at radius 2 is 2.07 bits per heavy atom. The number of amides is 2. The normalized spacial score (nSPS) is 16.6. The highest BCUT2D eigenvalue weighted by Crippen LogP contribution is 2.28. The Labute approximate surface area is 163 Å². The number of rotatable bonds is 4. The van der Waals surface area contributed by atoms with E-state index in [4.69, 9.17) is 9.26 Å². The second-order valence-electron chi connectivity index (χ2n) is 6.77. The van der Waals surface area contributed by atoms with E-state index in [0.29, 0.717) is 36.2 Å². The Morgan fingerprint density at radius 1 is 1.21 bits per heavy atom. The quantitative estimate of drug-likeness (QED) is 0.737. The molecule has 0 saturated carbocycles. The van der Waals surface area contributed by atoms with Crippen LogP contribution in [0.3, 0.4) is 0 Å². The summed E-state index contributed by atoms with van der Waals surface area (Å²) in [4.78, 5) is 19.0. The monoisotopic (exact) mass is 378 g/mol. The van der Waals surface area contributed by atoms with Gasteiger partial charge in [-0.3, -0.25) is 0 Å². The number of nitrogens with one attached hydrogen (secondary N) is 1. The maximum atomic E-state index is 12.7. The molecule has 1 atom stereocenters.